The van der Waals surface area contributed by atoms with Crippen LogP contribution in [0.2, 0.25) is 0 Å². The molecule has 11 rings (SSSR count). The molecule has 8 aromatic carbocycles. The van der Waals surface area contributed by atoms with Crippen LogP contribution < -0.4 is 0 Å². The largest absolute Gasteiger partial charge is 0.455 e. The van der Waals surface area contributed by atoms with Gasteiger partial charge < -0.3 is 8.98 Å². The first kappa shape index (κ1) is 29.5. The van der Waals surface area contributed by atoms with Gasteiger partial charge in [-0.2, -0.15) is 0 Å². The van der Waals surface area contributed by atoms with Crippen LogP contribution in [0.15, 0.2) is 192 Å². The Balaban J connectivity index is 1.11. The number of fused-ring (bicyclic) bond motifs is 7. The summed E-state index contributed by atoms with van der Waals surface area (Å²) in [6, 6.07) is 66.5. The lowest BCUT2D eigenvalue weighted by molar-refractivity contribution is 0.670. The Kier molecular flexibility index (Phi) is 6.52. The van der Waals surface area contributed by atoms with Crippen LogP contribution in [0, 0.1) is 0 Å². The zero-order valence-electron chi connectivity index (χ0n) is 28.6. The van der Waals surface area contributed by atoms with Gasteiger partial charge in [0.2, 0.25) is 0 Å². The number of furan rings is 1. The van der Waals surface area contributed by atoms with Gasteiger partial charge in [-0.25, -0.2) is 4.98 Å². The van der Waals surface area contributed by atoms with E-state index in [0.717, 1.165) is 89.0 Å². The van der Waals surface area contributed by atoms with E-state index in [1.807, 2.05) is 12.1 Å². The zero-order valence-corrected chi connectivity index (χ0v) is 28.6. The van der Waals surface area contributed by atoms with E-state index in [1.165, 1.54) is 10.8 Å². The maximum Gasteiger partial charge on any atom is 0.145 e. The van der Waals surface area contributed by atoms with Gasteiger partial charge in [-0.1, -0.05) is 133 Å². The number of nitrogens with zero attached hydrogens (tertiary/aromatic N) is 3. The van der Waals surface area contributed by atoms with Gasteiger partial charge in [-0.15, -0.1) is 0 Å². The van der Waals surface area contributed by atoms with Crippen LogP contribution in [-0.4, -0.2) is 14.1 Å². The maximum atomic E-state index is 6.45. The highest BCUT2D eigenvalue weighted by Crippen LogP contribution is 2.40. The molecule has 0 bridgehead atoms. The molecule has 0 radical (unpaired) electrons. The van der Waals surface area contributed by atoms with E-state index in [9.17, 15) is 0 Å². The minimum absolute atomic E-state index is 0.901. The van der Waals surface area contributed by atoms with Crippen LogP contribution in [0.5, 0.6) is 0 Å². The van der Waals surface area contributed by atoms with Crippen molar-refractivity contribution >= 4 is 54.8 Å². The predicted molar refractivity (Wildman–Crippen MR) is 219 cm³/mol. The van der Waals surface area contributed by atoms with Crippen molar-refractivity contribution in [3.8, 4) is 45.0 Å². The average molecular weight is 678 g/mol. The molecule has 0 fully saturated rings. The summed E-state index contributed by atoms with van der Waals surface area (Å²) in [6.45, 7) is 0. The van der Waals surface area contributed by atoms with E-state index in [1.54, 1.807) is 0 Å². The molecule has 0 atom stereocenters. The summed E-state index contributed by atoms with van der Waals surface area (Å²) < 4.78 is 11.1. The van der Waals surface area contributed by atoms with Gasteiger partial charge >= 0.3 is 0 Å². The van der Waals surface area contributed by atoms with Crippen molar-refractivity contribution in [2.24, 2.45) is 0 Å². The summed E-state index contributed by atoms with van der Waals surface area (Å²) in [5, 5.41) is 4.67. The van der Waals surface area contributed by atoms with E-state index in [-0.39, 0.29) is 0 Å². The number of imidazole rings is 1. The second kappa shape index (κ2) is 11.7. The highest BCUT2D eigenvalue weighted by molar-refractivity contribution is 6.13. The normalized spacial score (nSPS) is 11.8. The SMILES string of the molecule is c1ccc(-c2cccc3c2nc(-c2cccc(-n4c5ccccc5c5cc(-c6cccc7c6oc6ccccc67)ccc54)c2)n3-c2ccccc2)cc1. The topological polar surface area (TPSA) is 35.9 Å². The number of para-hydroxylation sites is 5. The van der Waals surface area contributed by atoms with Crippen molar-refractivity contribution in [2.75, 3.05) is 0 Å². The van der Waals surface area contributed by atoms with Crippen molar-refractivity contribution in [3.63, 3.8) is 0 Å². The molecule has 53 heavy (non-hydrogen) atoms. The third kappa shape index (κ3) is 4.59. The minimum atomic E-state index is 0.901. The van der Waals surface area contributed by atoms with Crippen molar-refractivity contribution in [3.05, 3.63) is 188 Å². The van der Waals surface area contributed by atoms with Crippen LogP contribution in [0.3, 0.4) is 0 Å². The molecule has 0 aliphatic heterocycles. The number of aromatic nitrogens is 3. The predicted octanol–water partition coefficient (Wildman–Crippen LogP) is 13.0. The van der Waals surface area contributed by atoms with Gasteiger partial charge in [0, 0.05) is 49.6 Å². The molecule has 0 saturated heterocycles. The van der Waals surface area contributed by atoms with Crippen LogP contribution in [0.25, 0.3) is 99.8 Å². The molecule has 4 heteroatoms. The monoisotopic (exact) mass is 677 g/mol. The van der Waals surface area contributed by atoms with Crippen molar-refractivity contribution in [1.29, 1.82) is 0 Å². The van der Waals surface area contributed by atoms with Crippen molar-refractivity contribution in [2.45, 2.75) is 0 Å². The van der Waals surface area contributed by atoms with E-state index < -0.39 is 0 Å². The molecule has 0 spiro atoms. The Labute approximate surface area is 305 Å². The Morgan fingerprint density at radius 1 is 0.377 bits per heavy atom. The fraction of sp³-hybridized carbons (Fsp3) is 0. The maximum absolute atomic E-state index is 6.45. The van der Waals surface area contributed by atoms with Crippen LogP contribution >= 0.6 is 0 Å². The van der Waals surface area contributed by atoms with Gasteiger partial charge in [0.25, 0.3) is 0 Å². The van der Waals surface area contributed by atoms with Crippen LogP contribution in [-0.2, 0) is 0 Å². The molecule has 0 N–H and O–H groups in total. The third-order valence-corrected chi connectivity index (χ3v) is 10.5. The highest BCUT2D eigenvalue weighted by Gasteiger charge is 2.20. The average Bonchev–Trinajstić information content (AvgIpc) is 3.91. The minimum Gasteiger partial charge on any atom is -0.455 e. The molecule has 4 nitrogen and oxygen atoms in total. The van der Waals surface area contributed by atoms with Crippen LogP contribution in [0.1, 0.15) is 0 Å². The quantitative estimate of drug-likeness (QED) is 0.182. The van der Waals surface area contributed by atoms with Crippen molar-refractivity contribution < 1.29 is 4.42 Å². The van der Waals surface area contributed by atoms with E-state index in [0.29, 0.717) is 0 Å². The second-order valence-corrected chi connectivity index (χ2v) is 13.6. The molecule has 0 aliphatic rings. The van der Waals surface area contributed by atoms with Gasteiger partial charge in [0.15, 0.2) is 0 Å². The Morgan fingerprint density at radius 3 is 1.91 bits per heavy atom. The lowest BCUT2D eigenvalue weighted by Gasteiger charge is -2.13. The Bertz CT molecular complexity index is 3170. The van der Waals surface area contributed by atoms with Gasteiger partial charge in [0.05, 0.1) is 22.1 Å². The Morgan fingerprint density at radius 2 is 1.02 bits per heavy atom. The Hall–Kier alpha value is -7.17. The van der Waals surface area contributed by atoms with E-state index in [4.69, 9.17) is 9.40 Å². The van der Waals surface area contributed by atoms with Gasteiger partial charge in [-0.05, 0) is 65.7 Å². The first-order chi connectivity index (χ1) is 26.3. The summed E-state index contributed by atoms with van der Waals surface area (Å²) >= 11 is 0. The molecule has 0 saturated carbocycles. The van der Waals surface area contributed by atoms with Gasteiger partial charge in [0.1, 0.15) is 17.0 Å². The summed E-state index contributed by atoms with van der Waals surface area (Å²) in [6.07, 6.45) is 0. The summed E-state index contributed by atoms with van der Waals surface area (Å²) in [4.78, 5) is 5.41. The second-order valence-electron chi connectivity index (χ2n) is 13.6. The standard InChI is InChI=1S/C49H31N3O/c1-3-14-32(15-4-1)37-22-13-26-45-47(37)50-49(52(45)35-17-5-2-6-18-35)34-16-11-19-36(30-34)51-43-25-9-7-20-39(43)42-31-33(28-29-44(42)51)38-23-12-24-41-40-21-8-10-27-46(40)53-48(38)41/h1-31H. The zero-order chi connectivity index (χ0) is 34.9. The molecule has 0 amide bonds. The number of rotatable bonds is 5. The molecule has 248 valence electrons. The first-order valence-corrected chi connectivity index (χ1v) is 18.0. The van der Waals surface area contributed by atoms with Crippen molar-refractivity contribution in [1.82, 2.24) is 14.1 Å². The highest BCUT2D eigenvalue weighted by atomic mass is 16.3. The number of hydrogen-bond acceptors (Lipinski definition) is 2. The third-order valence-electron chi connectivity index (χ3n) is 10.5. The molecule has 3 aromatic heterocycles. The number of benzene rings is 8. The summed E-state index contributed by atoms with van der Waals surface area (Å²) in [7, 11) is 0. The molecule has 3 heterocycles. The lowest BCUT2D eigenvalue weighted by Crippen LogP contribution is -1.99. The van der Waals surface area contributed by atoms with E-state index >= 15 is 0 Å². The fourth-order valence-electron chi connectivity index (χ4n) is 8.16. The lowest BCUT2D eigenvalue weighted by atomic mass is 10.0. The molecule has 11 aromatic rings. The summed E-state index contributed by atoms with van der Waals surface area (Å²) in [5.41, 5.74) is 13.9. The molecule has 0 unspecified atom stereocenters. The molecular weight excluding hydrogens is 647 g/mol. The molecular formula is C49H31N3O. The smallest absolute Gasteiger partial charge is 0.145 e. The molecule has 0 aliphatic carbocycles. The fourth-order valence-corrected chi connectivity index (χ4v) is 8.16. The number of hydrogen-bond donors (Lipinski definition) is 0. The summed E-state index contributed by atoms with van der Waals surface area (Å²) in [5.74, 6) is 0.901. The van der Waals surface area contributed by atoms with Crippen LogP contribution in [0.4, 0.5) is 0 Å². The first-order valence-electron chi connectivity index (χ1n) is 18.0. The van der Waals surface area contributed by atoms with Gasteiger partial charge in [-0.3, -0.25) is 4.57 Å². The van der Waals surface area contributed by atoms with E-state index in [2.05, 4.69) is 185 Å².